The van der Waals surface area contributed by atoms with Crippen molar-refractivity contribution in [3.63, 3.8) is 0 Å². The molecule has 0 amide bonds. The summed E-state index contributed by atoms with van der Waals surface area (Å²) in [4.78, 5) is 6.65. The first-order chi connectivity index (χ1) is 9.08. The van der Waals surface area contributed by atoms with Gasteiger partial charge in [0.15, 0.2) is 0 Å². The van der Waals surface area contributed by atoms with Crippen molar-refractivity contribution in [2.45, 2.75) is 40.5 Å². The number of aryl methyl sites for hydroxylation is 2. The highest BCUT2D eigenvalue weighted by atomic mass is 15.3. The van der Waals surface area contributed by atoms with E-state index in [2.05, 4.69) is 53.1 Å². The van der Waals surface area contributed by atoms with Crippen molar-refractivity contribution in [3.05, 3.63) is 11.4 Å². The van der Waals surface area contributed by atoms with Gasteiger partial charge in [-0.15, -0.1) is 5.10 Å². The molecule has 1 aromatic rings. The van der Waals surface area contributed by atoms with Crippen molar-refractivity contribution in [1.82, 2.24) is 20.5 Å². The van der Waals surface area contributed by atoms with Crippen LogP contribution in [0.3, 0.4) is 0 Å². The van der Waals surface area contributed by atoms with E-state index in [0.717, 1.165) is 49.8 Å². The molecule has 1 aromatic heterocycles. The summed E-state index contributed by atoms with van der Waals surface area (Å²) in [5, 5.41) is 11.9. The zero-order valence-electron chi connectivity index (χ0n) is 12.9. The van der Waals surface area contributed by atoms with Crippen molar-refractivity contribution in [2.24, 2.45) is 5.92 Å². The van der Waals surface area contributed by atoms with E-state index in [9.17, 15) is 0 Å². The molecule has 0 saturated heterocycles. The summed E-state index contributed by atoms with van der Waals surface area (Å²) in [6.07, 6.45) is 1.80. The van der Waals surface area contributed by atoms with Crippen LogP contribution in [0, 0.1) is 5.92 Å². The molecule has 0 aliphatic carbocycles. The standard InChI is InChI=1S/C14H27N5/c1-6-12-13(7-2)17-18-14(16-12)19(5)9-8-15-10-11(3)4/h11,15H,6-10H2,1-5H3. The first kappa shape index (κ1) is 15.8. The Kier molecular flexibility index (Phi) is 6.70. The summed E-state index contributed by atoms with van der Waals surface area (Å²) >= 11 is 0. The number of nitrogens with zero attached hydrogens (tertiary/aromatic N) is 4. The van der Waals surface area contributed by atoms with E-state index in [-0.39, 0.29) is 0 Å². The van der Waals surface area contributed by atoms with Crippen molar-refractivity contribution in [3.8, 4) is 0 Å². The number of nitrogens with one attached hydrogen (secondary N) is 1. The van der Waals surface area contributed by atoms with Crippen LogP contribution in [-0.4, -0.2) is 41.9 Å². The minimum absolute atomic E-state index is 0.679. The van der Waals surface area contributed by atoms with Gasteiger partial charge in [0.25, 0.3) is 0 Å². The van der Waals surface area contributed by atoms with Crippen LogP contribution in [0.5, 0.6) is 0 Å². The highest BCUT2D eigenvalue weighted by Crippen LogP contribution is 2.09. The Morgan fingerprint density at radius 1 is 1.11 bits per heavy atom. The second-order valence-electron chi connectivity index (χ2n) is 5.23. The second-order valence-corrected chi connectivity index (χ2v) is 5.23. The number of hydrogen-bond donors (Lipinski definition) is 1. The molecule has 1 N–H and O–H groups in total. The Bertz CT molecular complexity index is 378. The fourth-order valence-corrected chi connectivity index (χ4v) is 1.83. The van der Waals surface area contributed by atoms with Crippen LogP contribution in [-0.2, 0) is 12.8 Å². The molecule has 108 valence electrons. The van der Waals surface area contributed by atoms with Gasteiger partial charge in [-0.05, 0) is 25.3 Å². The predicted octanol–water partition coefficient (Wildman–Crippen LogP) is 1.68. The summed E-state index contributed by atoms with van der Waals surface area (Å²) < 4.78 is 0. The highest BCUT2D eigenvalue weighted by Gasteiger charge is 2.09. The Morgan fingerprint density at radius 2 is 1.79 bits per heavy atom. The van der Waals surface area contributed by atoms with Gasteiger partial charge in [-0.25, -0.2) is 4.98 Å². The summed E-state index contributed by atoms with van der Waals surface area (Å²) in [6, 6.07) is 0. The molecule has 0 aliphatic rings. The van der Waals surface area contributed by atoms with Gasteiger partial charge in [0.2, 0.25) is 5.95 Å². The molecule has 0 bridgehead atoms. The molecule has 0 fully saturated rings. The van der Waals surface area contributed by atoms with Crippen LogP contribution in [0.15, 0.2) is 0 Å². The molecule has 5 nitrogen and oxygen atoms in total. The summed E-state index contributed by atoms with van der Waals surface area (Å²) in [6.45, 7) is 11.5. The van der Waals surface area contributed by atoms with Crippen LogP contribution in [0.1, 0.15) is 39.1 Å². The molecule has 1 rings (SSSR count). The maximum absolute atomic E-state index is 4.60. The number of likely N-dealkylation sites (N-methyl/N-ethyl adjacent to an activating group) is 1. The quantitative estimate of drug-likeness (QED) is 0.725. The van der Waals surface area contributed by atoms with Crippen LogP contribution >= 0.6 is 0 Å². The fourth-order valence-electron chi connectivity index (χ4n) is 1.83. The average Bonchev–Trinajstić information content (AvgIpc) is 2.42. The Balaban J connectivity index is 2.54. The number of anilines is 1. The largest absolute Gasteiger partial charge is 0.341 e. The molecule has 0 atom stereocenters. The molecule has 5 heteroatoms. The van der Waals surface area contributed by atoms with Crippen LogP contribution in [0.2, 0.25) is 0 Å². The van der Waals surface area contributed by atoms with Gasteiger partial charge in [0.1, 0.15) is 0 Å². The van der Waals surface area contributed by atoms with Crippen molar-refractivity contribution >= 4 is 5.95 Å². The van der Waals surface area contributed by atoms with E-state index >= 15 is 0 Å². The minimum atomic E-state index is 0.679. The third-order valence-electron chi connectivity index (χ3n) is 3.02. The van der Waals surface area contributed by atoms with E-state index in [4.69, 9.17) is 0 Å². The maximum Gasteiger partial charge on any atom is 0.245 e. The van der Waals surface area contributed by atoms with Gasteiger partial charge >= 0.3 is 0 Å². The average molecular weight is 265 g/mol. The van der Waals surface area contributed by atoms with Gasteiger partial charge < -0.3 is 10.2 Å². The van der Waals surface area contributed by atoms with Crippen molar-refractivity contribution < 1.29 is 0 Å². The molecule has 0 radical (unpaired) electrons. The monoisotopic (exact) mass is 265 g/mol. The lowest BCUT2D eigenvalue weighted by Gasteiger charge is -2.18. The lowest BCUT2D eigenvalue weighted by Crippen LogP contribution is -2.32. The van der Waals surface area contributed by atoms with Gasteiger partial charge in [0, 0.05) is 20.1 Å². The topological polar surface area (TPSA) is 53.9 Å². The Labute approximate surface area is 116 Å². The molecule has 0 aromatic carbocycles. The molecule has 0 unspecified atom stereocenters. The van der Waals surface area contributed by atoms with Gasteiger partial charge in [0.05, 0.1) is 11.4 Å². The summed E-state index contributed by atoms with van der Waals surface area (Å²) in [7, 11) is 2.01. The number of rotatable bonds is 8. The maximum atomic E-state index is 4.60. The molecule has 0 aliphatic heterocycles. The van der Waals surface area contributed by atoms with E-state index in [0.29, 0.717) is 5.92 Å². The molecular formula is C14H27N5. The lowest BCUT2D eigenvalue weighted by atomic mass is 10.2. The SMILES string of the molecule is CCc1nnc(N(C)CCNCC(C)C)nc1CC. The zero-order chi connectivity index (χ0) is 14.3. The smallest absolute Gasteiger partial charge is 0.245 e. The summed E-state index contributed by atoms with van der Waals surface area (Å²) in [5.41, 5.74) is 2.08. The predicted molar refractivity (Wildman–Crippen MR) is 79.6 cm³/mol. The number of aromatic nitrogens is 3. The van der Waals surface area contributed by atoms with E-state index in [1.807, 2.05) is 7.05 Å². The van der Waals surface area contributed by atoms with Crippen LogP contribution in [0.4, 0.5) is 5.95 Å². The molecule has 0 spiro atoms. The first-order valence-corrected chi connectivity index (χ1v) is 7.22. The molecule has 19 heavy (non-hydrogen) atoms. The van der Waals surface area contributed by atoms with Gasteiger partial charge in [-0.3, -0.25) is 0 Å². The molecule has 0 saturated carbocycles. The normalized spacial score (nSPS) is 11.1. The minimum Gasteiger partial charge on any atom is -0.341 e. The van der Waals surface area contributed by atoms with E-state index < -0.39 is 0 Å². The van der Waals surface area contributed by atoms with Gasteiger partial charge in [-0.1, -0.05) is 27.7 Å². The molecular weight excluding hydrogens is 238 g/mol. The third-order valence-corrected chi connectivity index (χ3v) is 3.02. The Morgan fingerprint density at radius 3 is 2.37 bits per heavy atom. The number of hydrogen-bond acceptors (Lipinski definition) is 5. The summed E-state index contributed by atoms with van der Waals surface area (Å²) in [5.74, 6) is 1.40. The van der Waals surface area contributed by atoms with Crippen LogP contribution in [0.25, 0.3) is 0 Å². The van der Waals surface area contributed by atoms with Crippen LogP contribution < -0.4 is 10.2 Å². The second kappa shape index (κ2) is 8.04. The van der Waals surface area contributed by atoms with E-state index in [1.165, 1.54) is 0 Å². The van der Waals surface area contributed by atoms with E-state index in [1.54, 1.807) is 0 Å². The first-order valence-electron chi connectivity index (χ1n) is 7.22. The lowest BCUT2D eigenvalue weighted by molar-refractivity contribution is 0.552. The van der Waals surface area contributed by atoms with Crippen molar-refractivity contribution in [2.75, 3.05) is 31.6 Å². The third kappa shape index (κ3) is 5.11. The highest BCUT2D eigenvalue weighted by molar-refractivity contribution is 5.29. The zero-order valence-corrected chi connectivity index (χ0v) is 12.9. The Hall–Kier alpha value is -1.23. The van der Waals surface area contributed by atoms with Crippen molar-refractivity contribution in [1.29, 1.82) is 0 Å². The molecule has 1 heterocycles. The fraction of sp³-hybridized carbons (Fsp3) is 0.786. The van der Waals surface area contributed by atoms with Gasteiger partial charge in [-0.2, -0.15) is 5.10 Å².